The van der Waals surface area contributed by atoms with Gasteiger partial charge in [-0.05, 0) is 48.6 Å². The first-order valence-electron chi connectivity index (χ1n) is 8.25. The molecular formula is C18H19NO5S2. The Morgan fingerprint density at radius 3 is 2.77 bits per heavy atom. The van der Waals surface area contributed by atoms with Crippen molar-refractivity contribution in [2.45, 2.75) is 19.8 Å². The topological polar surface area (TPSA) is 80.8 Å². The quantitative estimate of drug-likeness (QED) is 0.533. The van der Waals surface area contributed by atoms with Gasteiger partial charge in [0, 0.05) is 17.0 Å². The highest BCUT2D eigenvalue weighted by molar-refractivity contribution is 7.92. The van der Waals surface area contributed by atoms with Gasteiger partial charge >= 0.3 is 5.97 Å². The van der Waals surface area contributed by atoms with Gasteiger partial charge in [-0.1, -0.05) is 6.07 Å². The smallest absolute Gasteiger partial charge is 0.311 e. The average Bonchev–Trinajstić information content (AvgIpc) is 3.28. The number of esters is 1. The molecule has 0 radical (unpaired) electrons. The normalized spacial score (nSPS) is 13.5. The molecule has 0 atom stereocenters. The lowest BCUT2D eigenvalue weighted by molar-refractivity contribution is -0.141. The van der Waals surface area contributed by atoms with Crippen LogP contribution in [0, 0.1) is 0 Å². The summed E-state index contributed by atoms with van der Waals surface area (Å²) in [5, 5.41) is 1.88. The molecule has 0 aliphatic carbocycles. The van der Waals surface area contributed by atoms with Crippen LogP contribution in [0.15, 0.2) is 35.7 Å². The van der Waals surface area contributed by atoms with Crippen LogP contribution in [0.3, 0.4) is 0 Å². The van der Waals surface area contributed by atoms with Crippen LogP contribution < -0.4 is 4.31 Å². The highest BCUT2D eigenvalue weighted by Crippen LogP contribution is 2.31. The van der Waals surface area contributed by atoms with Gasteiger partial charge in [-0.3, -0.25) is 13.9 Å². The van der Waals surface area contributed by atoms with Crippen molar-refractivity contribution in [1.82, 2.24) is 0 Å². The van der Waals surface area contributed by atoms with Crippen molar-refractivity contribution in [2.75, 3.05) is 23.2 Å². The van der Waals surface area contributed by atoms with E-state index in [2.05, 4.69) is 0 Å². The van der Waals surface area contributed by atoms with Crippen LogP contribution in [0.4, 0.5) is 5.69 Å². The second-order valence-electron chi connectivity index (χ2n) is 5.91. The van der Waals surface area contributed by atoms with Gasteiger partial charge in [-0.2, -0.15) is 0 Å². The van der Waals surface area contributed by atoms with E-state index in [1.54, 1.807) is 25.1 Å². The van der Waals surface area contributed by atoms with E-state index < -0.39 is 16.0 Å². The summed E-state index contributed by atoms with van der Waals surface area (Å²) < 4.78 is 30.6. The van der Waals surface area contributed by atoms with Crippen molar-refractivity contribution < 1.29 is 22.7 Å². The summed E-state index contributed by atoms with van der Waals surface area (Å²) in [6, 6.07) is 8.61. The fourth-order valence-corrected chi connectivity index (χ4v) is 4.67. The highest BCUT2D eigenvalue weighted by atomic mass is 32.2. The van der Waals surface area contributed by atoms with Gasteiger partial charge in [0.15, 0.2) is 12.4 Å². The van der Waals surface area contributed by atoms with Crippen LogP contribution in [0.1, 0.15) is 27.7 Å². The number of sulfonamides is 1. The molecular weight excluding hydrogens is 374 g/mol. The van der Waals surface area contributed by atoms with Crippen molar-refractivity contribution in [1.29, 1.82) is 0 Å². The van der Waals surface area contributed by atoms with Gasteiger partial charge in [0.25, 0.3) is 0 Å². The number of ether oxygens (including phenoxy) is 1. The van der Waals surface area contributed by atoms with E-state index in [1.165, 1.54) is 15.6 Å². The maximum Gasteiger partial charge on any atom is 0.311 e. The number of benzene rings is 1. The molecule has 0 bridgehead atoms. The molecule has 0 saturated heterocycles. The SMILES string of the molecule is CCS(=O)(=O)N1CCc2cc(C(=O)COC(=O)Cc3cccs3)ccc21. The van der Waals surface area contributed by atoms with E-state index in [4.69, 9.17) is 4.74 Å². The van der Waals surface area contributed by atoms with Crippen molar-refractivity contribution in [3.05, 3.63) is 51.7 Å². The van der Waals surface area contributed by atoms with Crippen LogP contribution in [0.25, 0.3) is 0 Å². The molecule has 0 saturated carbocycles. The first-order chi connectivity index (χ1) is 12.4. The molecule has 138 valence electrons. The Morgan fingerprint density at radius 2 is 2.08 bits per heavy atom. The van der Waals surface area contributed by atoms with Crippen LogP contribution >= 0.6 is 11.3 Å². The summed E-state index contributed by atoms with van der Waals surface area (Å²) in [6.45, 7) is 1.68. The first kappa shape index (κ1) is 18.6. The molecule has 0 amide bonds. The minimum Gasteiger partial charge on any atom is -0.457 e. The lowest BCUT2D eigenvalue weighted by Gasteiger charge is -2.18. The Labute approximate surface area is 156 Å². The van der Waals surface area contributed by atoms with E-state index in [0.717, 1.165) is 10.4 Å². The van der Waals surface area contributed by atoms with Gasteiger partial charge in [0.1, 0.15) is 0 Å². The van der Waals surface area contributed by atoms with Crippen molar-refractivity contribution >= 4 is 38.8 Å². The fraction of sp³-hybridized carbons (Fsp3) is 0.333. The van der Waals surface area contributed by atoms with Crippen LogP contribution in [-0.4, -0.2) is 39.1 Å². The number of carbonyl (C=O) groups excluding carboxylic acids is 2. The minimum atomic E-state index is -3.31. The lowest BCUT2D eigenvalue weighted by atomic mass is 10.1. The summed E-state index contributed by atoms with van der Waals surface area (Å²) in [5.74, 6) is -0.709. The van der Waals surface area contributed by atoms with E-state index in [9.17, 15) is 18.0 Å². The summed E-state index contributed by atoms with van der Waals surface area (Å²) in [7, 11) is -3.31. The maximum atomic E-state index is 12.3. The molecule has 0 spiro atoms. The number of Topliss-reactive ketones (excluding diaryl/α,β-unsaturated/α-hetero) is 1. The van der Waals surface area contributed by atoms with Crippen molar-refractivity contribution in [2.24, 2.45) is 0 Å². The second kappa shape index (κ2) is 7.59. The molecule has 3 rings (SSSR count). The third kappa shape index (κ3) is 3.96. The zero-order valence-electron chi connectivity index (χ0n) is 14.3. The van der Waals surface area contributed by atoms with Crippen LogP contribution in [0.5, 0.6) is 0 Å². The maximum absolute atomic E-state index is 12.3. The molecule has 2 aromatic rings. The summed E-state index contributed by atoms with van der Waals surface area (Å²) in [6.07, 6.45) is 0.715. The Morgan fingerprint density at radius 1 is 1.27 bits per heavy atom. The predicted octanol–water partition coefficient (Wildman–Crippen LogP) is 2.43. The molecule has 6 nitrogen and oxygen atoms in total. The van der Waals surface area contributed by atoms with E-state index in [1.807, 2.05) is 17.5 Å². The monoisotopic (exact) mass is 393 g/mol. The van der Waals surface area contributed by atoms with Crippen molar-refractivity contribution in [3.63, 3.8) is 0 Å². The molecule has 1 aliphatic heterocycles. The third-order valence-electron chi connectivity index (χ3n) is 4.22. The molecule has 0 fully saturated rings. The number of rotatable bonds is 7. The lowest BCUT2D eigenvalue weighted by Crippen LogP contribution is -2.30. The number of carbonyl (C=O) groups is 2. The molecule has 2 heterocycles. The van der Waals surface area contributed by atoms with Gasteiger partial charge in [0.2, 0.25) is 10.0 Å². The third-order valence-corrected chi connectivity index (χ3v) is 6.87. The fourth-order valence-electron chi connectivity index (χ4n) is 2.83. The molecule has 26 heavy (non-hydrogen) atoms. The van der Waals surface area contributed by atoms with Gasteiger partial charge in [-0.15, -0.1) is 11.3 Å². The Hall–Kier alpha value is -2.19. The summed E-state index contributed by atoms with van der Waals surface area (Å²) in [4.78, 5) is 24.9. The van der Waals surface area contributed by atoms with E-state index in [-0.39, 0.29) is 24.6 Å². The number of anilines is 1. The molecule has 0 unspecified atom stereocenters. The summed E-state index contributed by atoms with van der Waals surface area (Å²) in [5.41, 5.74) is 1.86. The largest absolute Gasteiger partial charge is 0.457 e. The van der Waals surface area contributed by atoms with E-state index >= 15 is 0 Å². The zero-order valence-corrected chi connectivity index (χ0v) is 15.9. The minimum absolute atomic E-state index is 0.0350. The predicted molar refractivity (Wildman–Crippen MR) is 100 cm³/mol. The van der Waals surface area contributed by atoms with Crippen LogP contribution in [0.2, 0.25) is 0 Å². The molecule has 1 aromatic heterocycles. The van der Waals surface area contributed by atoms with E-state index in [0.29, 0.717) is 24.2 Å². The summed E-state index contributed by atoms with van der Waals surface area (Å²) >= 11 is 1.46. The average molecular weight is 393 g/mol. The molecule has 8 heteroatoms. The number of hydrogen-bond donors (Lipinski definition) is 0. The number of thiophene rings is 1. The first-order valence-corrected chi connectivity index (χ1v) is 10.7. The number of ketones is 1. The van der Waals surface area contributed by atoms with Gasteiger partial charge < -0.3 is 4.74 Å². The molecule has 1 aliphatic rings. The molecule has 0 N–H and O–H groups in total. The Kier molecular flexibility index (Phi) is 5.43. The number of fused-ring (bicyclic) bond motifs is 1. The number of hydrogen-bond acceptors (Lipinski definition) is 6. The van der Waals surface area contributed by atoms with Gasteiger partial charge in [-0.25, -0.2) is 8.42 Å². The standard InChI is InChI=1S/C18H19NO5S2/c1-2-26(22,23)19-8-7-13-10-14(5-6-16(13)19)17(20)12-24-18(21)11-15-4-3-9-25-15/h3-6,9-10H,2,7-8,11-12H2,1H3. The van der Waals surface area contributed by atoms with Crippen LogP contribution in [-0.2, 0) is 32.4 Å². The Bertz CT molecular complexity index is 919. The highest BCUT2D eigenvalue weighted by Gasteiger charge is 2.28. The number of nitrogens with zero attached hydrogens (tertiary/aromatic N) is 1. The van der Waals surface area contributed by atoms with Crippen molar-refractivity contribution in [3.8, 4) is 0 Å². The molecule has 1 aromatic carbocycles. The van der Waals surface area contributed by atoms with Gasteiger partial charge in [0.05, 0.1) is 17.9 Å². The Balaban J connectivity index is 1.63. The zero-order chi connectivity index (χ0) is 18.7. The second-order valence-corrected chi connectivity index (χ2v) is 9.12.